The third-order valence-corrected chi connectivity index (χ3v) is 13.0. The minimum absolute atomic E-state index is 0.179. The van der Waals surface area contributed by atoms with Crippen LogP contribution >= 0.6 is 11.3 Å². The van der Waals surface area contributed by atoms with Gasteiger partial charge in [0.05, 0.1) is 32.8 Å². The Labute approximate surface area is 315 Å². The highest BCUT2D eigenvalue weighted by Crippen LogP contribution is 2.53. The lowest BCUT2D eigenvalue weighted by molar-refractivity contribution is 0.631. The summed E-state index contributed by atoms with van der Waals surface area (Å²) in [4.78, 5) is 5.46. The molecule has 7 aromatic carbocycles. The van der Waals surface area contributed by atoms with Crippen LogP contribution in [0, 0.1) is 0 Å². The molecule has 3 nitrogen and oxygen atoms in total. The predicted molar refractivity (Wildman–Crippen MR) is 227 cm³/mol. The Bertz CT molecular complexity index is 3370. The number of hydrogen-bond acceptors (Lipinski definition) is 3. The number of furan rings is 1. The van der Waals surface area contributed by atoms with Crippen LogP contribution in [0.25, 0.3) is 103 Å². The Balaban J connectivity index is 1.10. The topological polar surface area (TPSA) is 31.0 Å². The van der Waals surface area contributed by atoms with Gasteiger partial charge in [-0.1, -0.05) is 141 Å². The van der Waals surface area contributed by atoms with Gasteiger partial charge >= 0.3 is 0 Å². The molecule has 0 bridgehead atoms. The van der Waals surface area contributed by atoms with Crippen molar-refractivity contribution in [1.82, 2.24) is 9.55 Å². The smallest absolute Gasteiger partial charge is 0.144 e. The SMILES string of the molecule is CC1(C)c2cccc(-c3cccc(-c4cc5ccccc5c(-c5cccc6c5oc5ccccc56)n4)c3)c2-n2c3c1cccc3c1sc3ccccc3c12. The zero-order chi connectivity index (χ0) is 35.7. The van der Waals surface area contributed by atoms with Crippen molar-refractivity contribution in [3.8, 4) is 39.3 Å². The van der Waals surface area contributed by atoms with E-state index in [9.17, 15) is 0 Å². The molecule has 0 saturated carbocycles. The summed E-state index contributed by atoms with van der Waals surface area (Å²) in [6.07, 6.45) is 0. The Morgan fingerprint density at radius 3 is 2.17 bits per heavy atom. The molecule has 0 saturated heterocycles. The molecule has 254 valence electrons. The summed E-state index contributed by atoms with van der Waals surface area (Å²) in [5.74, 6) is 0. The van der Waals surface area contributed by atoms with Gasteiger partial charge in [0.25, 0.3) is 0 Å². The van der Waals surface area contributed by atoms with Crippen molar-refractivity contribution in [3.63, 3.8) is 0 Å². The van der Waals surface area contributed by atoms with Crippen molar-refractivity contribution in [3.05, 3.63) is 169 Å². The summed E-state index contributed by atoms with van der Waals surface area (Å²) < 4.78 is 11.8. The normalized spacial score (nSPS) is 13.5. The molecule has 0 atom stereocenters. The zero-order valence-corrected chi connectivity index (χ0v) is 30.5. The van der Waals surface area contributed by atoms with E-state index in [4.69, 9.17) is 9.40 Å². The van der Waals surface area contributed by atoms with Gasteiger partial charge in [-0.2, -0.15) is 0 Å². The van der Waals surface area contributed by atoms with E-state index in [0.717, 1.165) is 55.2 Å². The molecule has 12 rings (SSSR count). The fourth-order valence-corrected chi connectivity index (χ4v) is 10.5. The molecular weight excluding hydrogens is 677 g/mol. The van der Waals surface area contributed by atoms with Gasteiger partial charge in [0.15, 0.2) is 0 Å². The fraction of sp³-hybridized carbons (Fsp3) is 0.0600. The third-order valence-electron chi connectivity index (χ3n) is 11.8. The molecule has 1 aliphatic heterocycles. The second-order valence-electron chi connectivity index (χ2n) is 15.1. The van der Waals surface area contributed by atoms with Crippen LogP contribution in [0.3, 0.4) is 0 Å². The lowest BCUT2D eigenvalue weighted by Gasteiger charge is -2.36. The molecule has 1 aliphatic rings. The van der Waals surface area contributed by atoms with Gasteiger partial charge in [-0.25, -0.2) is 4.98 Å². The Morgan fingerprint density at radius 2 is 1.24 bits per heavy atom. The lowest BCUT2D eigenvalue weighted by Crippen LogP contribution is -2.26. The minimum Gasteiger partial charge on any atom is -0.455 e. The number of aromatic nitrogens is 2. The fourth-order valence-electron chi connectivity index (χ4n) is 9.24. The Morgan fingerprint density at radius 1 is 0.556 bits per heavy atom. The molecule has 0 spiro atoms. The molecule has 11 aromatic rings. The second kappa shape index (κ2) is 10.8. The number of rotatable bonds is 3. The molecule has 5 heterocycles. The van der Waals surface area contributed by atoms with Crippen molar-refractivity contribution in [2.75, 3.05) is 0 Å². The molecule has 0 radical (unpaired) electrons. The van der Waals surface area contributed by atoms with Crippen LogP contribution in [0.15, 0.2) is 162 Å². The number of hydrogen-bond donors (Lipinski definition) is 0. The van der Waals surface area contributed by atoms with Gasteiger partial charge in [-0.3, -0.25) is 0 Å². The first-order valence-electron chi connectivity index (χ1n) is 18.5. The standard InChI is InChI=1S/C50H32N2OS/c1-50(2)39-23-11-19-33(45(39)52-46-38(22-12-24-40(46)50)49-47(52)36-18-6-8-26-43(36)54-49)29-14-9-15-31(27-29)41-28-30-13-3-4-16-32(30)44(51-41)37-21-10-20-35-34-17-5-7-25-42(34)53-48(35)37/h3-28H,1-2H3. The first kappa shape index (κ1) is 30.0. The molecule has 54 heavy (non-hydrogen) atoms. The minimum atomic E-state index is -0.179. The molecule has 4 heteroatoms. The van der Waals surface area contributed by atoms with Crippen LogP contribution in [0.2, 0.25) is 0 Å². The van der Waals surface area contributed by atoms with E-state index in [0.29, 0.717) is 0 Å². The Kier molecular flexibility index (Phi) is 6.00. The van der Waals surface area contributed by atoms with Gasteiger partial charge in [-0.05, 0) is 52.4 Å². The van der Waals surface area contributed by atoms with Crippen molar-refractivity contribution in [1.29, 1.82) is 0 Å². The number of para-hydroxylation sites is 4. The van der Waals surface area contributed by atoms with E-state index in [2.05, 4.69) is 164 Å². The van der Waals surface area contributed by atoms with Crippen LogP contribution in [0.1, 0.15) is 25.0 Å². The maximum absolute atomic E-state index is 6.53. The van der Waals surface area contributed by atoms with Gasteiger partial charge in [0.2, 0.25) is 0 Å². The van der Waals surface area contributed by atoms with Crippen molar-refractivity contribution in [2.24, 2.45) is 0 Å². The van der Waals surface area contributed by atoms with Crippen molar-refractivity contribution >= 4 is 75.3 Å². The summed E-state index contributed by atoms with van der Waals surface area (Å²) in [5, 5.41) is 7.11. The summed E-state index contributed by atoms with van der Waals surface area (Å²) in [5.41, 5.74) is 14.5. The predicted octanol–water partition coefficient (Wildman–Crippen LogP) is 14.1. The number of thiophene rings is 1. The number of fused-ring (bicyclic) bond motifs is 11. The van der Waals surface area contributed by atoms with E-state index in [1.165, 1.54) is 59.1 Å². The van der Waals surface area contributed by atoms with E-state index in [1.807, 2.05) is 23.5 Å². The number of benzene rings is 7. The van der Waals surface area contributed by atoms with Crippen LogP contribution in [0.4, 0.5) is 0 Å². The average molecular weight is 709 g/mol. The largest absolute Gasteiger partial charge is 0.455 e. The first-order valence-corrected chi connectivity index (χ1v) is 19.4. The summed E-state index contributed by atoms with van der Waals surface area (Å²) in [6, 6.07) is 57.0. The van der Waals surface area contributed by atoms with E-state index in [-0.39, 0.29) is 5.41 Å². The van der Waals surface area contributed by atoms with Crippen LogP contribution in [-0.2, 0) is 5.41 Å². The average Bonchev–Trinajstić information content (AvgIpc) is 3.89. The van der Waals surface area contributed by atoms with Gasteiger partial charge in [-0.15, -0.1) is 11.3 Å². The van der Waals surface area contributed by atoms with Crippen molar-refractivity contribution < 1.29 is 4.42 Å². The van der Waals surface area contributed by atoms with E-state index >= 15 is 0 Å². The molecule has 0 amide bonds. The maximum atomic E-state index is 6.53. The zero-order valence-electron chi connectivity index (χ0n) is 29.7. The highest BCUT2D eigenvalue weighted by atomic mass is 32.1. The van der Waals surface area contributed by atoms with Gasteiger partial charge in [0, 0.05) is 53.7 Å². The van der Waals surface area contributed by atoms with Crippen LogP contribution < -0.4 is 0 Å². The van der Waals surface area contributed by atoms with Crippen molar-refractivity contribution in [2.45, 2.75) is 19.3 Å². The third kappa shape index (κ3) is 3.98. The monoisotopic (exact) mass is 708 g/mol. The number of nitrogens with zero attached hydrogens (tertiary/aromatic N) is 2. The molecule has 0 unspecified atom stereocenters. The summed E-state index contributed by atoms with van der Waals surface area (Å²) in [6.45, 7) is 4.76. The maximum Gasteiger partial charge on any atom is 0.144 e. The highest BCUT2D eigenvalue weighted by Gasteiger charge is 2.37. The van der Waals surface area contributed by atoms with Crippen LogP contribution in [-0.4, -0.2) is 9.55 Å². The Hall–Kier alpha value is -6.49. The van der Waals surface area contributed by atoms with Gasteiger partial charge in [0.1, 0.15) is 11.2 Å². The van der Waals surface area contributed by atoms with Crippen LogP contribution in [0.5, 0.6) is 0 Å². The van der Waals surface area contributed by atoms with E-state index in [1.54, 1.807) is 0 Å². The number of pyridine rings is 1. The first-order chi connectivity index (χ1) is 26.5. The molecule has 0 fully saturated rings. The lowest BCUT2D eigenvalue weighted by atomic mass is 9.73. The molecular formula is C50H32N2OS. The quantitative estimate of drug-likeness (QED) is 0.183. The summed E-state index contributed by atoms with van der Waals surface area (Å²) >= 11 is 1.91. The molecule has 0 N–H and O–H groups in total. The second-order valence-corrected chi connectivity index (χ2v) is 16.1. The molecule has 4 aromatic heterocycles. The summed E-state index contributed by atoms with van der Waals surface area (Å²) in [7, 11) is 0. The van der Waals surface area contributed by atoms with Gasteiger partial charge < -0.3 is 8.98 Å². The van der Waals surface area contributed by atoms with E-state index < -0.39 is 0 Å². The molecule has 0 aliphatic carbocycles. The highest BCUT2D eigenvalue weighted by molar-refractivity contribution is 7.26.